The first-order valence-electron chi connectivity index (χ1n) is 6.43. The fourth-order valence-corrected chi connectivity index (χ4v) is 2.48. The first kappa shape index (κ1) is 14.0. The lowest BCUT2D eigenvalue weighted by atomic mass is 10.2. The second kappa shape index (κ2) is 5.80. The van der Waals surface area contributed by atoms with Crippen molar-refractivity contribution in [3.8, 4) is 0 Å². The molecule has 1 aromatic heterocycles. The Labute approximate surface area is 131 Å². The number of carbonyl (C=O) groups excluding carboxylic acids is 1. The lowest BCUT2D eigenvalue weighted by molar-refractivity contribution is 0.0947. The van der Waals surface area contributed by atoms with Crippen molar-refractivity contribution in [1.82, 2.24) is 10.3 Å². The van der Waals surface area contributed by atoms with Gasteiger partial charge in [-0.05, 0) is 29.8 Å². The highest BCUT2D eigenvalue weighted by Gasteiger charge is 2.10. The number of para-hydroxylation sites is 1. The summed E-state index contributed by atoms with van der Waals surface area (Å²) in [6.07, 6.45) is 0. The normalized spacial score (nSPS) is 10.8. The lowest BCUT2D eigenvalue weighted by Crippen LogP contribution is -2.22. The van der Waals surface area contributed by atoms with Gasteiger partial charge in [0.2, 0.25) is 0 Å². The predicted octanol–water partition coefficient (Wildman–Crippen LogP) is 4.40. The van der Waals surface area contributed by atoms with E-state index in [1.165, 1.54) is 0 Å². The molecular formula is C16H12Cl2N2O. The third-order valence-corrected chi connectivity index (χ3v) is 3.78. The topological polar surface area (TPSA) is 44.9 Å². The Bertz CT molecular complexity index is 794. The zero-order valence-electron chi connectivity index (χ0n) is 11.0. The maximum absolute atomic E-state index is 12.2. The Balaban J connectivity index is 1.75. The van der Waals surface area contributed by atoms with Crippen LogP contribution in [-0.2, 0) is 6.54 Å². The molecule has 1 heterocycles. The zero-order valence-corrected chi connectivity index (χ0v) is 12.5. The zero-order chi connectivity index (χ0) is 14.8. The van der Waals surface area contributed by atoms with Crippen molar-refractivity contribution in [3.05, 3.63) is 69.8 Å². The molecular weight excluding hydrogens is 307 g/mol. The quantitative estimate of drug-likeness (QED) is 0.738. The summed E-state index contributed by atoms with van der Waals surface area (Å²) in [6.45, 7) is 0.444. The van der Waals surface area contributed by atoms with Crippen LogP contribution >= 0.6 is 23.2 Å². The molecule has 0 fully saturated rings. The van der Waals surface area contributed by atoms with Crippen molar-refractivity contribution < 1.29 is 4.79 Å². The van der Waals surface area contributed by atoms with Crippen molar-refractivity contribution in [2.75, 3.05) is 0 Å². The monoisotopic (exact) mass is 318 g/mol. The minimum absolute atomic E-state index is 0.169. The van der Waals surface area contributed by atoms with Gasteiger partial charge in [-0.15, -0.1) is 0 Å². The molecule has 0 atom stereocenters. The number of carbonyl (C=O) groups is 1. The van der Waals surface area contributed by atoms with Crippen LogP contribution in [0.3, 0.4) is 0 Å². The van der Waals surface area contributed by atoms with Gasteiger partial charge in [0.15, 0.2) is 0 Å². The van der Waals surface area contributed by atoms with Crippen molar-refractivity contribution in [2.24, 2.45) is 0 Å². The van der Waals surface area contributed by atoms with Crippen LogP contribution in [0.25, 0.3) is 10.9 Å². The van der Waals surface area contributed by atoms with Gasteiger partial charge in [-0.3, -0.25) is 4.79 Å². The van der Waals surface area contributed by atoms with Gasteiger partial charge in [-0.25, -0.2) is 0 Å². The maximum Gasteiger partial charge on any atom is 0.267 e. The summed E-state index contributed by atoms with van der Waals surface area (Å²) in [5, 5.41) is 5.05. The highest BCUT2D eigenvalue weighted by molar-refractivity contribution is 6.35. The standard InChI is InChI=1S/C16H12Cl2N2O/c17-12-6-4-10(5-7-12)9-19-16(21)14-8-11-2-1-3-13(18)15(11)20-14/h1-8,20H,9H2,(H,19,21). The third-order valence-electron chi connectivity index (χ3n) is 3.22. The molecule has 0 aliphatic carbocycles. The van der Waals surface area contributed by atoms with Crippen LogP contribution in [0.1, 0.15) is 16.1 Å². The molecule has 5 heteroatoms. The summed E-state index contributed by atoms with van der Waals surface area (Å²) in [7, 11) is 0. The number of rotatable bonds is 3. The van der Waals surface area contributed by atoms with Gasteiger partial charge in [-0.2, -0.15) is 0 Å². The molecule has 2 N–H and O–H groups in total. The van der Waals surface area contributed by atoms with Gasteiger partial charge < -0.3 is 10.3 Å². The molecule has 0 saturated carbocycles. The largest absolute Gasteiger partial charge is 0.349 e. The highest BCUT2D eigenvalue weighted by atomic mass is 35.5. The van der Waals surface area contributed by atoms with Gasteiger partial charge in [0, 0.05) is 17.0 Å². The molecule has 0 bridgehead atoms. The molecule has 0 saturated heterocycles. The van der Waals surface area contributed by atoms with Crippen LogP contribution in [0.5, 0.6) is 0 Å². The molecule has 0 radical (unpaired) electrons. The number of hydrogen-bond acceptors (Lipinski definition) is 1. The van der Waals surface area contributed by atoms with Gasteiger partial charge >= 0.3 is 0 Å². The van der Waals surface area contributed by atoms with E-state index in [-0.39, 0.29) is 5.91 Å². The first-order chi connectivity index (χ1) is 10.1. The van der Waals surface area contributed by atoms with Crippen molar-refractivity contribution >= 4 is 40.0 Å². The molecule has 3 aromatic rings. The number of aromatic amines is 1. The second-order valence-corrected chi connectivity index (χ2v) is 5.54. The minimum Gasteiger partial charge on any atom is -0.349 e. The van der Waals surface area contributed by atoms with E-state index < -0.39 is 0 Å². The van der Waals surface area contributed by atoms with E-state index in [1.807, 2.05) is 24.3 Å². The Kier molecular flexibility index (Phi) is 3.86. The van der Waals surface area contributed by atoms with Crippen molar-refractivity contribution in [1.29, 1.82) is 0 Å². The van der Waals surface area contributed by atoms with E-state index in [9.17, 15) is 4.79 Å². The molecule has 0 aliphatic rings. The first-order valence-corrected chi connectivity index (χ1v) is 7.19. The van der Waals surface area contributed by atoms with Crippen molar-refractivity contribution in [2.45, 2.75) is 6.54 Å². The van der Waals surface area contributed by atoms with E-state index in [4.69, 9.17) is 23.2 Å². The predicted molar refractivity (Wildman–Crippen MR) is 85.9 cm³/mol. The molecule has 0 spiro atoms. The van der Waals surface area contributed by atoms with Crippen LogP contribution in [-0.4, -0.2) is 10.9 Å². The average Bonchev–Trinajstić information content (AvgIpc) is 2.92. The highest BCUT2D eigenvalue weighted by Crippen LogP contribution is 2.23. The molecule has 0 unspecified atom stereocenters. The van der Waals surface area contributed by atoms with Gasteiger partial charge in [0.25, 0.3) is 5.91 Å². The van der Waals surface area contributed by atoms with E-state index in [0.717, 1.165) is 16.5 Å². The Morgan fingerprint density at radius 2 is 1.86 bits per heavy atom. The fourth-order valence-electron chi connectivity index (χ4n) is 2.12. The smallest absolute Gasteiger partial charge is 0.267 e. The summed E-state index contributed by atoms with van der Waals surface area (Å²) in [4.78, 5) is 15.2. The van der Waals surface area contributed by atoms with Crippen LogP contribution in [0.4, 0.5) is 0 Å². The summed E-state index contributed by atoms with van der Waals surface area (Å²) in [5.41, 5.74) is 2.25. The Morgan fingerprint density at radius 3 is 2.57 bits per heavy atom. The lowest BCUT2D eigenvalue weighted by Gasteiger charge is -2.04. The molecule has 21 heavy (non-hydrogen) atoms. The third kappa shape index (κ3) is 3.04. The number of aromatic nitrogens is 1. The van der Waals surface area contributed by atoms with Crippen molar-refractivity contribution in [3.63, 3.8) is 0 Å². The van der Waals surface area contributed by atoms with Gasteiger partial charge in [-0.1, -0.05) is 47.5 Å². The summed E-state index contributed by atoms with van der Waals surface area (Å²) in [5.74, 6) is -0.169. The minimum atomic E-state index is -0.169. The summed E-state index contributed by atoms with van der Waals surface area (Å²) in [6, 6.07) is 14.7. The number of fused-ring (bicyclic) bond motifs is 1. The number of halogens is 2. The van der Waals surface area contributed by atoms with Gasteiger partial charge in [0.05, 0.1) is 10.5 Å². The van der Waals surface area contributed by atoms with E-state index >= 15 is 0 Å². The molecule has 2 aromatic carbocycles. The van der Waals surface area contributed by atoms with E-state index in [0.29, 0.717) is 22.3 Å². The molecule has 0 aliphatic heterocycles. The number of benzene rings is 2. The van der Waals surface area contributed by atoms with Crippen LogP contribution in [0.2, 0.25) is 10.0 Å². The second-order valence-electron chi connectivity index (χ2n) is 4.70. The van der Waals surface area contributed by atoms with Crippen LogP contribution in [0, 0.1) is 0 Å². The average molecular weight is 319 g/mol. The Hall–Kier alpha value is -1.97. The molecule has 106 valence electrons. The molecule has 3 nitrogen and oxygen atoms in total. The van der Waals surface area contributed by atoms with E-state index in [1.54, 1.807) is 24.3 Å². The number of nitrogens with one attached hydrogen (secondary N) is 2. The van der Waals surface area contributed by atoms with Gasteiger partial charge in [0.1, 0.15) is 5.69 Å². The molecule has 3 rings (SSSR count). The number of H-pyrrole nitrogens is 1. The molecule has 1 amide bonds. The van der Waals surface area contributed by atoms with Crippen LogP contribution < -0.4 is 5.32 Å². The summed E-state index contributed by atoms with van der Waals surface area (Å²) >= 11 is 11.9. The van der Waals surface area contributed by atoms with Crippen LogP contribution in [0.15, 0.2) is 48.5 Å². The summed E-state index contributed by atoms with van der Waals surface area (Å²) < 4.78 is 0. The fraction of sp³-hybridized carbons (Fsp3) is 0.0625. The number of amides is 1. The SMILES string of the molecule is O=C(NCc1ccc(Cl)cc1)c1cc2cccc(Cl)c2[nH]1. The van der Waals surface area contributed by atoms with E-state index in [2.05, 4.69) is 10.3 Å². The maximum atomic E-state index is 12.2. The number of hydrogen-bond donors (Lipinski definition) is 2. The Morgan fingerprint density at radius 1 is 1.10 bits per heavy atom.